The number of nitrogens with zero attached hydrogens (tertiary/aromatic N) is 3. The minimum atomic E-state index is -0.559. The quantitative estimate of drug-likeness (QED) is 0.339. The van der Waals surface area contributed by atoms with Gasteiger partial charge in [-0.2, -0.15) is 0 Å². The number of amides is 1. The second-order valence-corrected chi connectivity index (χ2v) is 8.30. The summed E-state index contributed by atoms with van der Waals surface area (Å²) in [5, 5.41) is 0.0860. The molecule has 0 saturated heterocycles. The summed E-state index contributed by atoms with van der Waals surface area (Å²) in [7, 11) is 1.70. The van der Waals surface area contributed by atoms with Gasteiger partial charge in [-0.05, 0) is 43.3 Å². The first-order valence-corrected chi connectivity index (χ1v) is 10.6. The molecule has 1 heterocycles. The van der Waals surface area contributed by atoms with Crippen LogP contribution >= 0.6 is 11.8 Å². The van der Waals surface area contributed by atoms with Gasteiger partial charge in [0.05, 0.1) is 21.8 Å². The number of thioether (sulfide) groups is 1. The maximum Gasteiger partial charge on any atom is 0.266 e. The third-order valence-electron chi connectivity index (χ3n) is 4.94. The van der Waals surface area contributed by atoms with E-state index in [1.807, 2.05) is 30.3 Å². The molecule has 0 aliphatic heterocycles. The van der Waals surface area contributed by atoms with Crippen LogP contribution in [0, 0.1) is 5.82 Å². The zero-order valence-electron chi connectivity index (χ0n) is 17.0. The van der Waals surface area contributed by atoms with E-state index in [1.165, 1.54) is 16.7 Å². The van der Waals surface area contributed by atoms with E-state index >= 15 is 0 Å². The standard InChI is InChI=1S/C24H20FN3O2S/c1-16(22(29)27(2)17-10-4-3-5-11-17)31-24-26-20-14-8-6-12-18(20)23(30)28(24)21-15-9-7-13-19(21)25/h3-16H,1-2H3/t16-/m0/s1. The number of carbonyl (C=O) groups excluding carboxylic acids is 1. The van der Waals surface area contributed by atoms with E-state index < -0.39 is 11.1 Å². The number of rotatable bonds is 5. The van der Waals surface area contributed by atoms with Crippen LogP contribution in [0.4, 0.5) is 10.1 Å². The Bertz CT molecular complexity index is 1310. The summed E-state index contributed by atoms with van der Waals surface area (Å²) in [6.45, 7) is 1.75. The van der Waals surface area contributed by atoms with Crippen LogP contribution in [0.25, 0.3) is 16.6 Å². The number of fused-ring (bicyclic) bond motifs is 1. The van der Waals surface area contributed by atoms with Crippen molar-refractivity contribution in [1.29, 1.82) is 0 Å². The number of para-hydroxylation sites is 3. The van der Waals surface area contributed by atoms with Crippen LogP contribution in [0.5, 0.6) is 0 Å². The molecule has 0 saturated carbocycles. The van der Waals surface area contributed by atoms with Crippen molar-refractivity contribution >= 4 is 34.3 Å². The minimum Gasteiger partial charge on any atom is -0.315 e. The third-order valence-corrected chi connectivity index (χ3v) is 5.98. The Morgan fingerprint density at radius 2 is 1.65 bits per heavy atom. The monoisotopic (exact) mass is 433 g/mol. The highest BCUT2D eigenvalue weighted by atomic mass is 32.2. The van der Waals surface area contributed by atoms with Crippen molar-refractivity contribution in [3.05, 3.63) is 95.0 Å². The molecule has 0 fully saturated rings. The maximum atomic E-state index is 14.6. The van der Waals surface area contributed by atoms with E-state index in [0.717, 1.165) is 17.4 Å². The molecular weight excluding hydrogens is 413 g/mol. The predicted octanol–water partition coefficient (Wildman–Crippen LogP) is 4.67. The van der Waals surface area contributed by atoms with Crippen molar-refractivity contribution in [2.45, 2.75) is 17.3 Å². The SMILES string of the molecule is C[C@H](Sc1nc2ccccc2c(=O)n1-c1ccccc1F)C(=O)N(C)c1ccccc1. The average Bonchev–Trinajstić information content (AvgIpc) is 2.80. The van der Waals surface area contributed by atoms with E-state index in [1.54, 1.807) is 55.3 Å². The van der Waals surface area contributed by atoms with E-state index in [0.29, 0.717) is 10.9 Å². The summed E-state index contributed by atoms with van der Waals surface area (Å²) >= 11 is 1.13. The molecule has 0 N–H and O–H groups in total. The molecule has 0 spiro atoms. The normalized spacial score (nSPS) is 12.0. The molecule has 156 valence electrons. The average molecular weight is 434 g/mol. The lowest BCUT2D eigenvalue weighted by Gasteiger charge is -2.22. The van der Waals surface area contributed by atoms with Gasteiger partial charge in [-0.3, -0.25) is 14.2 Å². The topological polar surface area (TPSA) is 55.2 Å². The zero-order chi connectivity index (χ0) is 22.0. The molecule has 3 aromatic carbocycles. The predicted molar refractivity (Wildman–Crippen MR) is 122 cm³/mol. The van der Waals surface area contributed by atoms with Crippen LogP contribution in [0.15, 0.2) is 88.8 Å². The lowest BCUT2D eigenvalue weighted by molar-refractivity contribution is -0.117. The molecule has 0 radical (unpaired) electrons. The van der Waals surface area contributed by atoms with Crippen LogP contribution in [-0.4, -0.2) is 27.8 Å². The van der Waals surface area contributed by atoms with Crippen LogP contribution in [0.3, 0.4) is 0 Å². The van der Waals surface area contributed by atoms with Crippen molar-refractivity contribution in [3.8, 4) is 5.69 Å². The fourth-order valence-electron chi connectivity index (χ4n) is 3.30. The summed E-state index contributed by atoms with van der Waals surface area (Å²) in [6, 6.07) is 22.3. The van der Waals surface area contributed by atoms with E-state index in [2.05, 4.69) is 4.98 Å². The van der Waals surface area contributed by atoms with Gasteiger partial charge in [-0.15, -0.1) is 0 Å². The number of carbonyl (C=O) groups is 1. The van der Waals surface area contributed by atoms with Gasteiger partial charge in [0.1, 0.15) is 5.82 Å². The van der Waals surface area contributed by atoms with Crippen LogP contribution in [0.2, 0.25) is 0 Å². The van der Waals surface area contributed by atoms with Gasteiger partial charge >= 0.3 is 0 Å². The lowest BCUT2D eigenvalue weighted by Crippen LogP contribution is -2.34. The first-order chi connectivity index (χ1) is 15.0. The Hall–Kier alpha value is -3.45. The van der Waals surface area contributed by atoms with Gasteiger partial charge in [0.2, 0.25) is 5.91 Å². The molecule has 0 aliphatic carbocycles. The molecule has 7 heteroatoms. The Morgan fingerprint density at radius 1 is 1.00 bits per heavy atom. The highest BCUT2D eigenvalue weighted by Gasteiger charge is 2.24. The summed E-state index contributed by atoms with van der Waals surface area (Å²) in [5.41, 5.74) is 0.982. The van der Waals surface area contributed by atoms with Gasteiger partial charge in [0.15, 0.2) is 5.16 Å². The molecule has 0 unspecified atom stereocenters. The second kappa shape index (κ2) is 8.73. The van der Waals surface area contributed by atoms with Gasteiger partial charge < -0.3 is 4.90 Å². The fourth-order valence-corrected chi connectivity index (χ4v) is 4.31. The van der Waals surface area contributed by atoms with Crippen molar-refractivity contribution in [3.63, 3.8) is 0 Å². The molecule has 0 bridgehead atoms. The smallest absolute Gasteiger partial charge is 0.266 e. The second-order valence-electron chi connectivity index (χ2n) is 7.00. The summed E-state index contributed by atoms with van der Waals surface area (Å²) in [5.74, 6) is -0.692. The van der Waals surface area contributed by atoms with E-state index in [-0.39, 0.29) is 22.3 Å². The maximum absolute atomic E-state index is 14.6. The van der Waals surface area contributed by atoms with Gasteiger partial charge in [0, 0.05) is 12.7 Å². The van der Waals surface area contributed by atoms with Crippen LogP contribution in [0.1, 0.15) is 6.92 Å². The third kappa shape index (κ3) is 4.09. The van der Waals surface area contributed by atoms with Crippen molar-refractivity contribution < 1.29 is 9.18 Å². The Kier molecular flexibility index (Phi) is 5.86. The van der Waals surface area contributed by atoms with Crippen LogP contribution < -0.4 is 10.5 Å². The molecular formula is C24H20FN3O2S. The highest BCUT2D eigenvalue weighted by molar-refractivity contribution is 8.00. The van der Waals surface area contributed by atoms with Gasteiger partial charge in [0.25, 0.3) is 5.56 Å². The Morgan fingerprint density at radius 3 is 2.39 bits per heavy atom. The zero-order valence-corrected chi connectivity index (χ0v) is 17.8. The fraction of sp³-hybridized carbons (Fsp3) is 0.125. The molecule has 4 rings (SSSR count). The Labute approximate surface area is 183 Å². The summed E-state index contributed by atoms with van der Waals surface area (Å²) in [6.07, 6.45) is 0. The number of anilines is 1. The van der Waals surface area contributed by atoms with Gasteiger partial charge in [-0.25, -0.2) is 9.37 Å². The summed E-state index contributed by atoms with van der Waals surface area (Å²) < 4.78 is 15.9. The number of aromatic nitrogens is 2. The molecule has 31 heavy (non-hydrogen) atoms. The number of benzene rings is 3. The van der Waals surface area contributed by atoms with Gasteiger partial charge in [-0.1, -0.05) is 54.2 Å². The molecule has 1 aromatic heterocycles. The molecule has 4 aromatic rings. The van der Waals surface area contributed by atoms with E-state index in [4.69, 9.17) is 0 Å². The molecule has 0 aliphatic rings. The minimum absolute atomic E-state index is 0.101. The molecule has 1 atom stereocenters. The van der Waals surface area contributed by atoms with Crippen molar-refractivity contribution in [1.82, 2.24) is 9.55 Å². The highest BCUT2D eigenvalue weighted by Crippen LogP contribution is 2.27. The first kappa shape index (κ1) is 20.8. The lowest BCUT2D eigenvalue weighted by atomic mass is 10.2. The largest absolute Gasteiger partial charge is 0.315 e. The van der Waals surface area contributed by atoms with E-state index in [9.17, 15) is 14.0 Å². The van der Waals surface area contributed by atoms with Crippen LogP contribution in [-0.2, 0) is 4.79 Å². The summed E-state index contributed by atoms with van der Waals surface area (Å²) in [4.78, 5) is 32.4. The molecule has 1 amide bonds. The Balaban J connectivity index is 1.78. The number of hydrogen-bond acceptors (Lipinski definition) is 4. The van der Waals surface area contributed by atoms with Crippen molar-refractivity contribution in [2.75, 3.05) is 11.9 Å². The van der Waals surface area contributed by atoms with Crippen molar-refractivity contribution in [2.24, 2.45) is 0 Å². The molecule has 5 nitrogen and oxygen atoms in total. The number of halogens is 1. The number of hydrogen-bond donors (Lipinski definition) is 0. The first-order valence-electron chi connectivity index (χ1n) is 9.73.